The van der Waals surface area contributed by atoms with Gasteiger partial charge in [-0.2, -0.15) is 0 Å². The molecule has 13 heavy (non-hydrogen) atoms. The Balaban J connectivity index is 3.59. The van der Waals surface area contributed by atoms with E-state index >= 15 is 0 Å². The molecule has 2 nitrogen and oxygen atoms in total. The molecule has 0 amide bonds. The molecule has 0 aliphatic rings. The van der Waals surface area contributed by atoms with Gasteiger partial charge in [0.25, 0.3) is 0 Å². The van der Waals surface area contributed by atoms with Gasteiger partial charge in [0, 0.05) is 0 Å². The average molecular weight is 188 g/mol. The largest absolute Gasteiger partial charge is 0.233 e. The quantitative estimate of drug-likeness (QED) is 0.467. The van der Waals surface area contributed by atoms with Crippen molar-refractivity contribution in [2.45, 2.75) is 72.0 Å². The lowest BCUT2D eigenvalue weighted by molar-refractivity contribution is -0.374. The van der Waals surface area contributed by atoms with Crippen molar-refractivity contribution < 1.29 is 9.78 Å². The summed E-state index contributed by atoms with van der Waals surface area (Å²) < 4.78 is 0. The van der Waals surface area contributed by atoms with Crippen molar-refractivity contribution in [3.05, 3.63) is 0 Å². The Kier molecular flexibility index (Phi) is 6.35. The zero-order chi connectivity index (χ0) is 10.3. The number of hydrogen-bond acceptors (Lipinski definition) is 2. The fraction of sp³-hybridized carbons (Fsp3) is 1.00. The Hall–Kier alpha value is -0.0800. The highest BCUT2D eigenvalue weighted by molar-refractivity contribution is 4.57. The third-order valence-corrected chi connectivity index (χ3v) is 1.77. The zero-order valence-corrected chi connectivity index (χ0v) is 9.72. The lowest BCUT2D eigenvalue weighted by Gasteiger charge is -2.22. The van der Waals surface area contributed by atoms with E-state index in [0.717, 1.165) is 12.8 Å². The van der Waals surface area contributed by atoms with Gasteiger partial charge in [-0.3, -0.25) is 0 Å². The van der Waals surface area contributed by atoms with Gasteiger partial charge in [0.1, 0.15) is 0 Å². The highest BCUT2D eigenvalue weighted by Gasteiger charge is 2.15. The van der Waals surface area contributed by atoms with Crippen molar-refractivity contribution in [3.8, 4) is 0 Å². The van der Waals surface area contributed by atoms with Crippen LogP contribution in [0.25, 0.3) is 0 Å². The second-order valence-electron chi connectivity index (χ2n) is 4.46. The van der Waals surface area contributed by atoms with Crippen LogP contribution in [0.3, 0.4) is 0 Å². The summed E-state index contributed by atoms with van der Waals surface area (Å²) in [6, 6.07) is 0. The number of hydrogen-bond donors (Lipinski definition) is 0. The number of unbranched alkanes of at least 4 members (excludes halogenated alkanes) is 1. The van der Waals surface area contributed by atoms with Crippen LogP contribution in [0.2, 0.25) is 0 Å². The van der Waals surface area contributed by atoms with E-state index in [1.54, 1.807) is 0 Å². The maximum Gasteiger partial charge on any atom is 0.0952 e. The van der Waals surface area contributed by atoms with Gasteiger partial charge in [-0.1, -0.05) is 26.7 Å². The maximum absolute atomic E-state index is 5.36. The predicted molar refractivity (Wildman–Crippen MR) is 55.5 cm³/mol. The summed E-state index contributed by atoms with van der Waals surface area (Å²) in [4.78, 5) is 10.6. The normalized spacial score (nSPS) is 14.5. The van der Waals surface area contributed by atoms with Crippen molar-refractivity contribution in [2.24, 2.45) is 0 Å². The second kappa shape index (κ2) is 6.39. The Morgan fingerprint density at radius 3 is 2.15 bits per heavy atom. The number of rotatable bonds is 6. The van der Waals surface area contributed by atoms with E-state index in [4.69, 9.17) is 9.78 Å². The van der Waals surface area contributed by atoms with E-state index in [1.165, 1.54) is 12.8 Å². The summed E-state index contributed by atoms with van der Waals surface area (Å²) in [7, 11) is 0. The van der Waals surface area contributed by atoms with Gasteiger partial charge in [0.15, 0.2) is 0 Å². The highest BCUT2D eigenvalue weighted by Crippen LogP contribution is 2.14. The van der Waals surface area contributed by atoms with Crippen molar-refractivity contribution >= 4 is 0 Å². The lowest BCUT2D eigenvalue weighted by atomic mass is 10.1. The summed E-state index contributed by atoms with van der Waals surface area (Å²) in [5.41, 5.74) is -0.195. The third-order valence-electron chi connectivity index (χ3n) is 1.77. The minimum Gasteiger partial charge on any atom is -0.233 e. The molecule has 0 radical (unpaired) electrons. The lowest BCUT2D eigenvalue weighted by Crippen LogP contribution is -2.24. The second-order valence-corrected chi connectivity index (χ2v) is 4.46. The monoisotopic (exact) mass is 188 g/mol. The molecule has 0 aromatic carbocycles. The molecule has 0 N–H and O–H groups in total. The first-order valence-electron chi connectivity index (χ1n) is 5.34. The fourth-order valence-corrected chi connectivity index (χ4v) is 0.964. The van der Waals surface area contributed by atoms with Crippen LogP contribution in [0.5, 0.6) is 0 Å². The van der Waals surface area contributed by atoms with Crippen LogP contribution in [0.4, 0.5) is 0 Å². The predicted octanol–water partition coefficient (Wildman–Crippen LogP) is 3.70. The molecule has 0 bridgehead atoms. The molecule has 2 heteroatoms. The molecule has 0 saturated carbocycles. The maximum atomic E-state index is 5.36. The van der Waals surface area contributed by atoms with Crippen LogP contribution >= 0.6 is 0 Å². The minimum absolute atomic E-state index is 0.195. The van der Waals surface area contributed by atoms with Gasteiger partial charge in [-0.15, -0.1) is 0 Å². The molecule has 0 spiro atoms. The molecule has 0 aromatic rings. The SMILES string of the molecule is CCCCC(CC)OOC(C)(C)C. The van der Waals surface area contributed by atoms with E-state index in [2.05, 4.69) is 13.8 Å². The molecule has 0 aliphatic heterocycles. The van der Waals surface area contributed by atoms with Gasteiger partial charge >= 0.3 is 0 Å². The van der Waals surface area contributed by atoms with E-state index in [-0.39, 0.29) is 11.7 Å². The molecule has 80 valence electrons. The summed E-state index contributed by atoms with van der Waals surface area (Å²) in [6.45, 7) is 10.3. The summed E-state index contributed by atoms with van der Waals surface area (Å²) in [6.07, 6.45) is 4.82. The molecular weight excluding hydrogens is 164 g/mol. The zero-order valence-electron chi connectivity index (χ0n) is 9.72. The van der Waals surface area contributed by atoms with Crippen LogP contribution in [-0.2, 0) is 9.78 Å². The van der Waals surface area contributed by atoms with Crippen LogP contribution in [0.1, 0.15) is 60.3 Å². The first-order chi connectivity index (χ1) is 5.99. The Morgan fingerprint density at radius 1 is 1.15 bits per heavy atom. The van der Waals surface area contributed by atoms with Crippen LogP contribution < -0.4 is 0 Å². The summed E-state index contributed by atoms with van der Waals surface area (Å²) >= 11 is 0. The van der Waals surface area contributed by atoms with Crippen LogP contribution in [0.15, 0.2) is 0 Å². The molecule has 0 saturated heterocycles. The van der Waals surface area contributed by atoms with Crippen LogP contribution in [-0.4, -0.2) is 11.7 Å². The molecule has 1 unspecified atom stereocenters. The Bertz CT molecular complexity index is 116. The smallest absolute Gasteiger partial charge is 0.0952 e. The summed E-state index contributed by atoms with van der Waals surface area (Å²) in [5, 5.41) is 0. The molecule has 0 aliphatic carbocycles. The minimum atomic E-state index is -0.195. The molecule has 0 fully saturated rings. The van der Waals surface area contributed by atoms with Crippen molar-refractivity contribution in [1.82, 2.24) is 0 Å². The van der Waals surface area contributed by atoms with Gasteiger partial charge in [-0.25, -0.2) is 9.78 Å². The fourth-order valence-electron chi connectivity index (χ4n) is 0.964. The van der Waals surface area contributed by atoms with Gasteiger partial charge in [-0.05, 0) is 33.6 Å². The first kappa shape index (κ1) is 12.9. The first-order valence-corrected chi connectivity index (χ1v) is 5.34. The van der Waals surface area contributed by atoms with Crippen molar-refractivity contribution in [2.75, 3.05) is 0 Å². The third kappa shape index (κ3) is 8.26. The van der Waals surface area contributed by atoms with Crippen molar-refractivity contribution in [1.29, 1.82) is 0 Å². The standard InChI is InChI=1S/C11H24O2/c1-6-8-9-10(7-2)12-13-11(3,4)5/h10H,6-9H2,1-5H3. The van der Waals surface area contributed by atoms with Crippen LogP contribution in [0, 0.1) is 0 Å². The van der Waals surface area contributed by atoms with E-state index in [9.17, 15) is 0 Å². The van der Waals surface area contributed by atoms with Gasteiger partial charge in [0.05, 0.1) is 11.7 Å². The summed E-state index contributed by atoms with van der Waals surface area (Å²) in [5.74, 6) is 0. The molecular formula is C11H24O2. The average Bonchev–Trinajstić information content (AvgIpc) is 2.03. The van der Waals surface area contributed by atoms with E-state index in [1.807, 2.05) is 20.8 Å². The Labute approximate surface area is 82.5 Å². The van der Waals surface area contributed by atoms with Crippen molar-refractivity contribution in [3.63, 3.8) is 0 Å². The molecule has 0 rings (SSSR count). The topological polar surface area (TPSA) is 18.5 Å². The molecule has 0 aromatic heterocycles. The molecule has 0 heterocycles. The van der Waals surface area contributed by atoms with E-state index < -0.39 is 0 Å². The highest BCUT2D eigenvalue weighted by atomic mass is 17.2. The van der Waals surface area contributed by atoms with Gasteiger partial charge < -0.3 is 0 Å². The van der Waals surface area contributed by atoms with E-state index in [0.29, 0.717) is 0 Å². The molecule has 1 atom stereocenters. The van der Waals surface area contributed by atoms with Gasteiger partial charge in [0.2, 0.25) is 0 Å². The Morgan fingerprint density at radius 2 is 1.77 bits per heavy atom.